The second-order valence-electron chi connectivity index (χ2n) is 2.92. The molecule has 0 aromatic carbocycles. The largest absolute Gasteiger partial charge is 0.330 e. The Morgan fingerprint density at radius 1 is 1.75 bits per heavy atom. The van der Waals surface area contributed by atoms with Crippen LogP contribution in [0.3, 0.4) is 0 Å². The molecule has 1 aliphatic carbocycles. The van der Waals surface area contributed by atoms with E-state index in [9.17, 15) is 4.39 Å². The third kappa shape index (κ3) is 0.996. The zero-order chi connectivity index (χ0) is 6.20. The Kier molecular flexibility index (Phi) is 1.27. The fourth-order valence-electron chi connectivity index (χ4n) is 1.31. The average molecular weight is 117 g/mol. The van der Waals surface area contributed by atoms with Gasteiger partial charge in [-0.2, -0.15) is 0 Å². The minimum atomic E-state index is -0.885. The number of hydrogen-bond acceptors (Lipinski definition) is 1. The van der Waals surface area contributed by atoms with Crippen molar-refractivity contribution in [1.29, 1.82) is 0 Å². The summed E-state index contributed by atoms with van der Waals surface area (Å²) in [5, 5.41) is 0. The Labute approximate surface area is 49.1 Å². The van der Waals surface area contributed by atoms with Crippen LogP contribution in [0, 0.1) is 5.92 Å². The highest BCUT2D eigenvalue weighted by Gasteiger charge is 2.39. The molecule has 0 bridgehead atoms. The van der Waals surface area contributed by atoms with Crippen molar-refractivity contribution in [3.8, 4) is 0 Å². The van der Waals surface area contributed by atoms with E-state index in [4.69, 9.17) is 5.73 Å². The molecular weight excluding hydrogens is 105 g/mol. The van der Waals surface area contributed by atoms with Gasteiger partial charge in [0, 0.05) is 0 Å². The van der Waals surface area contributed by atoms with Crippen LogP contribution in [0.1, 0.15) is 19.8 Å². The van der Waals surface area contributed by atoms with Crippen molar-refractivity contribution in [3.05, 3.63) is 0 Å². The van der Waals surface area contributed by atoms with Gasteiger partial charge in [0.2, 0.25) is 0 Å². The summed E-state index contributed by atoms with van der Waals surface area (Å²) in [6, 6.07) is 0. The van der Waals surface area contributed by atoms with Crippen molar-refractivity contribution >= 4 is 0 Å². The molecule has 1 rings (SSSR count). The molecule has 2 heteroatoms. The van der Waals surface area contributed by atoms with E-state index in [2.05, 4.69) is 0 Å². The maximum Gasteiger partial charge on any atom is 0.108 e. The summed E-state index contributed by atoms with van der Waals surface area (Å²) < 4.78 is 12.6. The molecule has 0 spiro atoms. The predicted molar refractivity (Wildman–Crippen MR) is 31.3 cm³/mol. The number of hydrogen-bond donors (Lipinski definition) is 1. The summed E-state index contributed by atoms with van der Waals surface area (Å²) in [5.74, 6) is 0.463. The predicted octanol–water partition coefficient (Wildman–Crippen LogP) is 1.08. The molecule has 1 aliphatic rings. The Hall–Kier alpha value is -0.110. The van der Waals surface area contributed by atoms with Crippen LogP contribution in [-0.4, -0.2) is 12.2 Å². The summed E-state index contributed by atoms with van der Waals surface area (Å²) in [6.07, 6.45) is 1.34. The fraction of sp³-hybridized carbons (Fsp3) is 1.00. The van der Waals surface area contributed by atoms with Crippen molar-refractivity contribution in [1.82, 2.24) is 0 Å². The number of nitrogens with two attached hydrogens (primary N) is 1. The maximum absolute atomic E-state index is 12.6. The molecular formula is C6H12FN. The highest BCUT2D eigenvalue weighted by Crippen LogP contribution is 2.39. The molecule has 0 radical (unpaired) electrons. The number of alkyl halides is 1. The van der Waals surface area contributed by atoms with Gasteiger partial charge < -0.3 is 5.73 Å². The lowest BCUT2D eigenvalue weighted by Gasteiger charge is -2.37. The molecule has 2 N–H and O–H groups in total. The fourth-order valence-corrected chi connectivity index (χ4v) is 1.31. The Morgan fingerprint density at radius 2 is 2.25 bits per heavy atom. The summed E-state index contributed by atoms with van der Waals surface area (Å²) in [5.41, 5.74) is 4.40. The lowest BCUT2D eigenvalue weighted by atomic mass is 9.74. The first-order valence-corrected chi connectivity index (χ1v) is 3.03. The van der Waals surface area contributed by atoms with E-state index in [0.29, 0.717) is 25.3 Å². The number of halogens is 1. The highest BCUT2D eigenvalue weighted by molar-refractivity contribution is 4.90. The van der Waals surface area contributed by atoms with Crippen LogP contribution >= 0.6 is 0 Å². The van der Waals surface area contributed by atoms with Gasteiger partial charge in [-0.25, -0.2) is 4.39 Å². The smallest absolute Gasteiger partial charge is 0.108 e. The second kappa shape index (κ2) is 1.69. The third-order valence-electron chi connectivity index (χ3n) is 1.76. The Morgan fingerprint density at radius 3 is 2.38 bits per heavy atom. The molecule has 0 aromatic rings. The van der Waals surface area contributed by atoms with E-state index in [0.717, 1.165) is 0 Å². The topological polar surface area (TPSA) is 26.0 Å². The standard InChI is InChI=1S/C6H12FN/c1-6(7)2-5(3-6)4-8/h5H,2-4,8H2,1H3. The van der Waals surface area contributed by atoms with E-state index in [1.807, 2.05) is 0 Å². The van der Waals surface area contributed by atoms with Gasteiger partial charge in [0.05, 0.1) is 0 Å². The average Bonchev–Trinajstić information content (AvgIpc) is 1.60. The van der Waals surface area contributed by atoms with Gasteiger partial charge in [0.1, 0.15) is 5.67 Å². The minimum absolute atomic E-state index is 0.463. The van der Waals surface area contributed by atoms with Crippen LogP contribution in [0.25, 0.3) is 0 Å². The lowest BCUT2D eigenvalue weighted by Crippen LogP contribution is -2.40. The second-order valence-corrected chi connectivity index (χ2v) is 2.92. The maximum atomic E-state index is 12.6. The Bertz CT molecular complexity index is 82.5. The van der Waals surface area contributed by atoms with Gasteiger partial charge in [-0.05, 0) is 32.2 Å². The molecule has 48 valence electrons. The van der Waals surface area contributed by atoms with Crippen LogP contribution < -0.4 is 5.73 Å². The summed E-state index contributed by atoms with van der Waals surface area (Å²) >= 11 is 0. The zero-order valence-electron chi connectivity index (χ0n) is 5.15. The van der Waals surface area contributed by atoms with Gasteiger partial charge in [-0.3, -0.25) is 0 Å². The van der Waals surface area contributed by atoms with Crippen molar-refractivity contribution in [2.75, 3.05) is 6.54 Å². The first-order chi connectivity index (χ1) is 3.64. The van der Waals surface area contributed by atoms with Crippen LogP contribution in [0.15, 0.2) is 0 Å². The lowest BCUT2D eigenvalue weighted by molar-refractivity contribution is 0.0299. The summed E-state index contributed by atoms with van der Waals surface area (Å²) in [6.45, 7) is 2.29. The molecule has 0 amide bonds. The monoisotopic (exact) mass is 117 g/mol. The third-order valence-corrected chi connectivity index (χ3v) is 1.76. The van der Waals surface area contributed by atoms with E-state index < -0.39 is 5.67 Å². The van der Waals surface area contributed by atoms with Gasteiger partial charge in [-0.1, -0.05) is 0 Å². The molecule has 0 saturated heterocycles. The first-order valence-electron chi connectivity index (χ1n) is 3.03. The molecule has 0 atom stereocenters. The molecule has 0 aromatic heterocycles. The summed E-state index contributed by atoms with van der Waals surface area (Å²) in [7, 11) is 0. The summed E-state index contributed by atoms with van der Waals surface area (Å²) in [4.78, 5) is 0. The quantitative estimate of drug-likeness (QED) is 0.546. The van der Waals surface area contributed by atoms with Crippen molar-refractivity contribution < 1.29 is 4.39 Å². The Balaban J connectivity index is 2.21. The highest BCUT2D eigenvalue weighted by atomic mass is 19.1. The van der Waals surface area contributed by atoms with Gasteiger partial charge in [0.15, 0.2) is 0 Å². The normalized spacial score (nSPS) is 46.1. The van der Waals surface area contributed by atoms with Crippen LogP contribution in [0.2, 0.25) is 0 Å². The SMILES string of the molecule is CC1(F)CC(CN)C1. The van der Waals surface area contributed by atoms with Gasteiger partial charge >= 0.3 is 0 Å². The van der Waals surface area contributed by atoms with E-state index >= 15 is 0 Å². The van der Waals surface area contributed by atoms with Gasteiger partial charge in [-0.15, -0.1) is 0 Å². The molecule has 0 unspecified atom stereocenters. The van der Waals surface area contributed by atoms with Crippen molar-refractivity contribution in [2.45, 2.75) is 25.4 Å². The van der Waals surface area contributed by atoms with Gasteiger partial charge in [0.25, 0.3) is 0 Å². The molecule has 8 heavy (non-hydrogen) atoms. The van der Waals surface area contributed by atoms with E-state index in [1.165, 1.54) is 0 Å². The molecule has 1 saturated carbocycles. The van der Waals surface area contributed by atoms with Crippen molar-refractivity contribution in [2.24, 2.45) is 11.7 Å². The van der Waals surface area contributed by atoms with Crippen LogP contribution in [0.4, 0.5) is 4.39 Å². The number of rotatable bonds is 1. The first kappa shape index (κ1) is 6.02. The minimum Gasteiger partial charge on any atom is -0.330 e. The van der Waals surface area contributed by atoms with E-state index in [1.54, 1.807) is 6.92 Å². The van der Waals surface area contributed by atoms with Crippen molar-refractivity contribution in [3.63, 3.8) is 0 Å². The zero-order valence-corrected chi connectivity index (χ0v) is 5.15. The van der Waals surface area contributed by atoms with Crippen LogP contribution in [0.5, 0.6) is 0 Å². The molecule has 1 fully saturated rings. The molecule has 0 heterocycles. The van der Waals surface area contributed by atoms with E-state index in [-0.39, 0.29) is 0 Å². The van der Waals surface area contributed by atoms with Crippen LogP contribution in [-0.2, 0) is 0 Å². The molecule has 0 aliphatic heterocycles. The molecule has 1 nitrogen and oxygen atoms in total.